The Morgan fingerprint density at radius 1 is 1.36 bits per heavy atom. The van der Waals surface area contributed by atoms with Crippen LogP contribution in [0.3, 0.4) is 0 Å². The van der Waals surface area contributed by atoms with Gasteiger partial charge in [-0.25, -0.2) is 10.0 Å². The van der Waals surface area contributed by atoms with Gasteiger partial charge in [0.1, 0.15) is 5.84 Å². The lowest BCUT2D eigenvalue weighted by atomic mass is 10.2. The fourth-order valence-corrected chi connectivity index (χ4v) is 1.13. The average molecular weight is 217 g/mol. The lowest BCUT2D eigenvalue weighted by Gasteiger charge is -2.26. The Kier molecular flexibility index (Phi) is 5.38. The van der Waals surface area contributed by atoms with Gasteiger partial charge < -0.3 is 0 Å². The summed E-state index contributed by atoms with van der Waals surface area (Å²) in [5.74, 6) is 0.817. The minimum absolute atomic E-state index is 0.155. The molecule has 0 saturated carbocycles. The van der Waals surface area contributed by atoms with Gasteiger partial charge in [-0.3, -0.25) is 5.41 Å². The molecule has 0 unspecified atom stereocenters. The van der Waals surface area contributed by atoms with E-state index in [2.05, 4.69) is 16.8 Å². The van der Waals surface area contributed by atoms with E-state index in [9.17, 15) is 0 Å². The van der Waals surface area contributed by atoms with E-state index in [1.165, 1.54) is 0 Å². The zero-order chi connectivity index (χ0) is 11.3. The molecule has 0 aromatic carbocycles. The molecule has 0 aromatic rings. The van der Waals surface area contributed by atoms with Crippen molar-refractivity contribution in [2.75, 3.05) is 0 Å². The molecule has 0 bridgehead atoms. The van der Waals surface area contributed by atoms with Gasteiger partial charge in [0.25, 0.3) is 0 Å². The third kappa shape index (κ3) is 3.87. The number of hydrogen-bond acceptors (Lipinski definition) is 2. The largest absolute Gasteiger partial charge is 0.272 e. The second-order valence-corrected chi connectivity index (χ2v) is 3.85. The number of amidine groups is 2. The van der Waals surface area contributed by atoms with E-state index in [1.807, 2.05) is 27.7 Å². The number of nitrogens with one attached hydrogen (secondary N) is 1. The molecule has 0 heterocycles. The van der Waals surface area contributed by atoms with Crippen molar-refractivity contribution in [1.29, 1.82) is 5.41 Å². The first-order chi connectivity index (χ1) is 6.40. The SMILES string of the molecule is C=NN(/C(=N/C(=N)Cl)C(C)C)C(C)C. The summed E-state index contributed by atoms with van der Waals surface area (Å²) < 4.78 is 0. The highest BCUT2D eigenvalue weighted by Gasteiger charge is 2.17. The van der Waals surface area contributed by atoms with E-state index < -0.39 is 0 Å². The molecule has 0 radical (unpaired) electrons. The number of aliphatic imine (C=N–C) groups is 1. The maximum Gasteiger partial charge on any atom is 0.216 e. The van der Waals surface area contributed by atoms with Crippen molar-refractivity contribution in [2.45, 2.75) is 33.7 Å². The summed E-state index contributed by atoms with van der Waals surface area (Å²) >= 11 is 5.43. The van der Waals surface area contributed by atoms with Crippen LogP contribution in [-0.2, 0) is 0 Å². The molecule has 0 aliphatic heterocycles. The van der Waals surface area contributed by atoms with Gasteiger partial charge in [-0.1, -0.05) is 13.8 Å². The molecular weight excluding hydrogens is 200 g/mol. The molecular formula is C9H17ClN4. The summed E-state index contributed by atoms with van der Waals surface area (Å²) in [6.07, 6.45) is 0. The average Bonchev–Trinajstić information content (AvgIpc) is 2.02. The van der Waals surface area contributed by atoms with Gasteiger partial charge in [-0.2, -0.15) is 5.10 Å². The van der Waals surface area contributed by atoms with Crippen LogP contribution in [0.2, 0.25) is 0 Å². The molecule has 80 valence electrons. The van der Waals surface area contributed by atoms with Crippen molar-refractivity contribution in [2.24, 2.45) is 16.0 Å². The van der Waals surface area contributed by atoms with Crippen LogP contribution in [0.15, 0.2) is 10.1 Å². The Hall–Kier alpha value is -0.900. The lowest BCUT2D eigenvalue weighted by molar-refractivity contribution is 0.355. The number of hydrogen-bond donors (Lipinski definition) is 1. The van der Waals surface area contributed by atoms with Gasteiger partial charge in [-0.05, 0) is 25.4 Å². The van der Waals surface area contributed by atoms with Crippen LogP contribution < -0.4 is 0 Å². The summed E-state index contributed by atoms with van der Waals surface area (Å²) in [5, 5.41) is 12.4. The Labute approximate surface area is 90.2 Å². The Balaban J connectivity index is 4.98. The molecule has 0 aliphatic rings. The molecule has 5 heteroatoms. The van der Waals surface area contributed by atoms with E-state index in [0.29, 0.717) is 5.84 Å². The first-order valence-corrected chi connectivity index (χ1v) is 4.86. The lowest BCUT2D eigenvalue weighted by Crippen LogP contribution is -2.35. The van der Waals surface area contributed by atoms with Crippen LogP contribution in [0.1, 0.15) is 27.7 Å². The quantitative estimate of drug-likeness (QED) is 0.335. The van der Waals surface area contributed by atoms with Crippen molar-refractivity contribution < 1.29 is 0 Å². The molecule has 14 heavy (non-hydrogen) atoms. The van der Waals surface area contributed by atoms with Crippen LogP contribution in [0.5, 0.6) is 0 Å². The second-order valence-electron chi connectivity index (χ2n) is 3.50. The van der Waals surface area contributed by atoms with Crippen molar-refractivity contribution in [1.82, 2.24) is 5.01 Å². The van der Waals surface area contributed by atoms with Gasteiger partial charge in [0, 0.05) is 18.7 Å². The highest BCUT2D eigenvalue weighted by molar-refractivity contribution is 6.64. The van der Waals surface area contributed by atoms with E-state index in [4.69, 9.17) is 17.0 Å². The van der Waals surface area contributed by atoms with Crippen LogP contribution in [0.25, 0.3) is 0 Å². The maximum atomic E-state index is 7.12. The zero-order valence-electron chi connectivity index (χ0n) is 9.08. The molecule has 0 fully saturated rings. The van der Waals surface area contributed by atoms with Crippen LogP contribution >= 0.6 is 11.6 Å². The van der Waals surface area contributed by atoms with Crippen molar-refractivity contribution in [3.63, 3.8) is 0 Å². The van der Waals surface area contributed by atoms with Gasteiger partial charge in [-0.15, -0.1) is 0 Å². The van der Waals surface area contributed by atoms with Crippen LogP contribution in [-0.4, -0.2) is 28.9 Å². The number of rotatable bonds is 3. The molecule has 0 spiro atoms. The minimum Gasteiger partial charge on any atom is -0.272 e. The predicted octanol–water partition coefficient (Wildman–Crippen LogP) is 2.54. The van der Waals surface area contributed by atoms with E-state index in [0.717, 1.165) is 0 Å². The van der Waals surface area contributed by atoms with Crippen molar-refractivity contribution in [3.8, 4) is 0 Å². The maximum absolute atomic E-state index is 7.12. The van der Waals surface area contributed by atoms with Crippen molar-refractivity contribution in [3.05, 3.63) is 0 Å². The topological polar surface area (TPSA) is 51.8 Å². The monoisotopic (exact) mass is 216 g/mol. The summed E-state index contributed by atoms with van der Waals surface area (Å²) in [6.45, 7) is 11.4. The van der Waals surface area contributed by atoms with Gasteiger partial charge >= 0.3 is 0 Å². The van der Waals surface area contributed by atoms with Crippen molar-refractivity contribution >= 4 is 29.4 Å². The fourth-order valence-electron chi connectivity index (χ4n) is 1.05. The number of nitrogens with zero attached hydrogens (tertiary/aromatic N) is 3. The summed E-state index contributed by atoms with van der Waals surface area (Å²) in [7, 11) is 0. The molecule has 0 atom stereocenters. The fraction of sp³-hybridized carbons (Fsp3) is 0.667. The Bertz CT molecular complexity index is 245. The standard InChI is InChI=1S/C9H17ClN4/c1-6(2)8(13-9(10)11)14(12-5)7(3)4/h6-7,11H,5H2,1-4H3/b11-9?,13-8+. The smallest absolute Gasteiger partial charge is 0.216 e. The molecule has 0 aromatic heterocycles. The van der Waals surface area contributed by atoms with E-state index in [-0.39, 0.29) is 17.3 Å². The van der Waals surface area contributed by atoms with Gasteiger partial charge in [0.15, 0.2) is 0 Å². The van der Waals surface area contributed by atoms with E-state index in [1.54, 1.807) is 5.01 Å². The minimum atomic E-state index is -0.233. The summed E-state index contributed by atoms with van der Waals surface area (Å²) in [4.78, 5) is 3.93. The number of halogens is 1. The molecule has 4 nitrogen and oxygen atoms in total. The highest BCUT2D eigenvalue weighted by atomic mass is 35.5. The summed E-state index contributed by atoms with van der Waals surface area (Å²) in [5.41, 5.74) is 0. The Morgan fingerprint density at radius 3 is 2.07 bits per heavy atom. The molecule has 1 N–H and O–H groups in total. The van der Waals surface area contributed by atoms with Gasteiger partial charge in [0.05, 0.1) is 0 Å². The zero-order valence-corrected chi connectivity index (χ0v) is 9.84. The predicted molar refractivity (Wildman–Crippen MR) is 62.4 cm³/mol. The highest BCUT2D eigenvalue weighted by Crippen LogP contribution is 2.09. The normalized spacial score (nSPS) is 12.1. The van der Waals surface area contributed by atoms with Crippen LogP contribution in [0.4, 0.5) is 0 Å². The first kappa shape index (κ1) is 13.1. The molecule has 0 rings (SSSR count). The van der Waals surface area contributed by atoms with Crippen LogP contribution in [0, 0.1) is 11.3 Å². The summed E-state index contributed by atoms with van der Waals surface area (Å²) in [6, 6.07) is 0.157. The third-order valence-corrected chi connectivity index (χ3v) is 1.69. The molecule has 0 saturated heterocycles. The second kappa shape index (κ2) is 5.75. The van der Waals surface area contributed by atoms with E-state index >= 15 is 0 Å². The molecule has 0 amide bonds. The Morgan fingerprint density at radius 2 is 1.86 bits per heavy atom. The van der Waals surface area contributed by atoms with Gasteiger partial charge in [0.2, 0.25) is 5.29 Å². The molecule has 0 aliphatic carbocycles. The number of hydrazone groups is 1. The third-order valence-electron chi connectivity index (χ3n) is 1.61. The first-order valence-electron chi connectivity index (χ1n) is 4.48.